The van der Waals surface area contributed by atoms with Crippen molar-refractivity contribution in [2.24, 2.45) is 11.8 Å². The molecule has 0 saturated heterocycles. The molecular formula is C14H18FNO4S. The second kappa shape index (κ2) is 5.73. The fourth-order valence-corrected chi connectivity index (χ4v) is 3.63. The van der Waals surface area contributed by atoms with Gasteiger partial charge in [-0.1, -0.05) is 6.92 Å². The summed E-state index contributed by atoms with van der Waals surface area (Å²) in [5.74, 6) is -1.45. The number of hydrogen-bond donors (Lipinski definition) is 2. The molecule has 2 N–H and O–H groups in total. The molecule has 0 aliphatic heterocycles. The molecule has 116 valence electrons. The lowest BCUT2D eigenvalue weighted by Gasteiger charge is -2.14. The lowest BCUT2D eigenvalue weighted by atomic mass is 10.1. The molecule has 1 aromatic rings. The second-order valence-electron chi connectivity index (χ2n) is 5.55. The van der Waals surface area contributed by atoms with Gasteiger partial charge in [-0.15, -0.1) is 0 Å². The lowest BCUT2D eigenvalue weighted by molar-refractivity contribution is 0.0696. The summed E-state index contributed by atoms with van der Waals surface area (Å²) < 4.78 is 40.7. The molecule has 1 aromatic carbocycles. The highest BCUT2D eigenvalue weighted by Gasteiger charge is 2.29. The Balaban J connectivity index is 2.27. The van der Waals surface area contributed by atoms with Gasteiger partial charge in [0.2, 0.25) is 10.0 Å². The molecule has 0 spiro atoms. The molecule has 2 rings (SSSR count). The van der Waals surface area contributed by atoms with Crippen LogP contribution in [0.4, 0.5) is 4.39 Å². The topological polar surface area (TPSA) is 83.5 Å². The van der Waals surface area contributed by atoms with Crippen molar-refractivity contribution in [1.82, 2.24) is 4.72 Å². The van der Waals surface area contributed by atoms with Crippen molar-refractivity contribution in [1.29, 1.82) is 0 Å². The largest absolute Gasteiger partial charge is 0.478 e. The Labute approximate surface area is 123 Å². The van der Waals surface area contributed by atoms with E-state index in [1.54, 1.807) is 0 Å². The summed E-state index contributed by atoms with van der Waals surface area (Å²) in [6, 6.07) is 1.81. The number of carboxylic acid groups (broad SMARTS) is 1. The summed E-state index contributed by atoms with van der Waals surface area (Å²) in [4.78, 5) is 10.6. The van der Waals surface area contributed by atoms with Crippen LogP contribution in [-0.4, -0.2) is 26.0 Å². The first-order chi connectivity index (χ1) is 9.72. The van der Waals surface area contributed by atoms with E-state index >= 15 is 0 Å². The second-order valence-corrected chi connectivity index (χ2v) is 7.29. The monoisotopic (exact) mass is 315 g/mol. The number of nitrogens with one attached hydrogen (secondary N) is 1. The molecule has 0 heterocycles. The SMILES string of the molecule is Cc1c(F)cc(C(=O)O)cc1S(=O)(=O)NCC(C)C1CC1. The van der Waals surface area contributed by atoms with Gasteiger partial charge in [-0.2, -0.15) is 0 Å². The maximum atomic E-state index is 13.7. The Kier molecular flexibility index (Phi) is 4.34. The molecule has 1 aliphatic carbocycles. The van der Waals surface area contributed by atoms with E-state index in [1.807, 2.05) is 6.92 Å². The average Bonchev–Trinajstić information content (AvgIpc) is 3.23. The van der Waals surface area contributed by atoms with Crippen molar-refractivity contribution in [2.75, 3.05) is 6.54 Å². The third-order valence-electron chi connectivity index (χ3n) is 3.86. The zero-order valence-corrected chi connectivity index (χ0v) is 12.7. The van der Waals surface area contributed by atoms with E-state index in [0.717, 1.165) is 25.0 Å². The lowest BCUT2D eigenvalue weighted by Crippen LogP contribution is -2.30. The Morgan fingerprint density at radius 1 is 1.48 bits per heavy atom. The van der Waals surface area contributed by atoms with Crippen LogP contribution in [0.25, 0.3) is 0 Å². The van der Waals surface area contributed by atoms with Gasteiger partial charge in [0, 0.05) is 12.1 Å². The standard InChI is InChI=1S/C14H18FNO4S/c1-8(10-3-4-10)7-16-21(19,20)13-6-11(14(17)18)5-12(15)9(13)2/h5-6,8,10,16H,3-4,7H2,1-2H3,(H,17,18). The van der Waals surface area contributed by atoms with Crippen LogP contribution in [0.5, 0.6) is 0 Å². The van der Waals surface area contributed by atoms with Crippen LogP contribution in [0, 0.1) is 24.6 Å². The van der Waals surface area contributed by atoms with Gasteiger partial charge < -0.3 is 5.11 Å². The Hall–Kier alpha value is -1.47. The van der Waals surface area contributed by atoms with Crippen molar-refractivity contribution < 1.29 is 22.7 Å². The normalized spacial score (nSPS) is 16.7. The molecule has 1 unspecified atom stereocenters. The predicted molar refractivity (Wildman–Crippen MR) is 75.2 cm³/mol. The molecule has 1 atom stereocenters. The Bertz CT molecular complexity index is 668. The predicted octanol–water partition coefficient (Wildman–Crippen LogP) is 2.16. The fraction of sp³-hybridized carbons (Fsp3) is 0.500. The van der Waals surface area contributed by atoms with Crippen LogP contribution in [0.1, 0.15) is 35.7 Å². The summed E-state index contributed by atoms with van der Waals surface area (Å²) in [6.45, 7) is 3.55. The van der Waals surface area contributed by atoms with Crippen molar-refractivity contribution >= 4 is 16.0 Å². The fourth-order valence-electron chi connectivity index (χ4n) is 2.21. The summed E-state index contributed by atoms with van der Waals surface area (Å²) >= 11 is 0. The Morgan fingerprint density at radius 2 is 2.10 bits per heavy atom. The minimum absolute atomic E-state index is 0.0772. The van der Waals surface area contributed by atoms with E-state index in [-0.39, 0.29) is 28.5 Å². The molecule has 1 aliphatic rings. The highest BCUT2D eigenvalue weighted by Crippen LogP contribution is 2.36. The molecule has 0 aromatic heterocycles. The maximum absolute atomic E-state index is 13.7. The molecule has 0 amide bonds. The van der Waals surface area contributed by atoms with Crippen LogP contribution in [0.2, 0.25) is 0 Å². The van der Waals surface area contributed by atoms with E-state index in [2.05, 4.69) is 4.72 Å². The summed E-state index contributed by atoms with van der Waals surface area (Å²) in [5.41, 5.74) is -0.458. The molecule has 1 fully saturated rings. The smallest absolute Gasteiger partial charge is 0.335 e. The van der Waals surface area contributed by atoms with Gasteiger partial charge in [-0.3, -0.25) is 0 Å². The maximum Gasteiger partial charge on any atom is 0.335 e. The number of carbonyl (C=O) groups is 1. The van der Waals surface area contributed by atoms with Crippen LogP contribution < -0.4 is 4.72 Å². The Morgan fingerprint density at radius 3 is 2.62 bits per heavy atom. The zero-order chi connectivity index (χ0) is 15.8. The molecule has 0 radical (unpaired) electrons. The highest BCUT2D eigenvalue weighted by molar-refractivity contribution is 7.89. The number of rotatable bonds is 6. The number of halogens is 1. The van der Waals surface area contributed by atoms with E-state index in [1.165, 1.54) is 6.92 Å². The molecular weight excluding hydrogens is 297 g/mol. The number of aromatic carboxylic acids is 1. The molecule has 21 heavy (non-hydrogen) atoms. The quantitative estimate of drug-likeness (QED) is 0.842. The van der Waals surface area contributed by atoms with Gasteiger partial charge in [-0.05, 0) is 43.7 Å². The minimum atomic E-state index is -3.92. The average molecular weight is 315 g/mol. The van der Waals surface area contributed by atoms with Gasteiger partial charge in [0.1, 0.15) is 5.82 Å². The summed E-state index contributed by atoms with van der Waals surface area (Å²) in [5, 5.41) is 8.91. The highest BCUT2D eigenvalue weighted by atomic mass is 32.2. The van der Waals surface area contributed by atoms with Crippen LogP contribution >= 0.6 is 0 Å². The van der Waals surface area contributed by atoms with Crippen LogP contribution in [-0.2, 0) is 10.0 Å². The van der Waals surface area contributed by atoms with Crippen LogP contribution in [0.15, 0.2) is 17.0 Å². The van der Waals surface area contributed by atoms with E-state index in [4.69, 9.17) is 5.11 Å². The van der Waals surface area contributed by atoms with E-state index in [9.17, 15) is 17.6 Å². The minimum Gasteiger partial charge on any atom is -0.478 e. The van der Waals surface area contributed by atoms with Crippen LogP contribution in [0.3, 0.4) is 0 Å². The number of hydrogen-bond acceptors (Lipinski definition) is 3. The van der Waals surface area contributed by atoms with E-state index in [0.29, 0.717) is 5.92 Å². The molecule has 0 bridgehead atoms. The molecule has 1 saturated carbocycles. The van der Waals surface area contributed by atoms with Gasteiger partial charge in [-0.25, -0.2) is 22.3 Å². The van der Waals surface area contributed by atoms with Crippen molar-refractivity contribution in [3.8, 4) is 0 Å². The third kappa shape index (κ3) is 3.59. The number of sulfonamides is 1. The third-order valence-corrected chi connectivity index (χ3v) is 5.40. The molecule has 7 heteroatoms. The first-order valence-electron chi connectivity index (χ1n) is 6.75. The van der Waals surface area contributed by atoms with Gasteiger partial charge in [0.05, 0.1) is 10.5 Å². The number of benzene rings is 1. The first kappa shape index (κ1) is 15.9. The van der Waals surface area contributed by atoms with Crippen molar-refractivity contribution in [2.45, 2.75) is 31.6 Å². The van der Waals surface area contributed by atoms with Gasteiger partial charge >= 0.3 is 5.97 Å². The van der Waals surface area contributed by atoms with Gasteiger partial charge in [0.25, 0.3) is 0 Å². The van der Waals surface area contributed by atoms with Gasteiger partial charge in [0.15, 0.2) is 0 Å². The summed E-state index contributed by atoms with van der Waals surface area (Å²) in [6.07, 6.45) is 2.20. The number of carboxylic acids is 1. The molecule has 5 nitrogen and oxygen atoms in total. The van der Waals surface area contributed by atoms with E-state index < -0.39 is 21.8 Å². The van der Waals surface area contributed by atoms with Crippen molar-refractivity contribution in [3.05, 3.63) is 29.1 Å². The van der Waals surface area contributed by atoms with Crippen molar-refractivity contribution in [3.63, 3.8) is 0 Å². The zero-order valence-electron chi connectivity index (χ0n) is 11.9. The first-order valence-corrected chi connectivity index (χ1v) is 8.24. The summed E-state index contributed by atoms with van der Waals surface area (Å²) in [7, 11) is -3.92.